The van der Waals surface area contributed by atoms with E-state index in [4.69, 9.17) is 0 Å². The molecule has 0 spiro atoms. The van der Waals surface area contributed by atoms with Gasteiger partial charge in [-0.05, 0) is 12.8 Å². The summed E-state index contributed by atoms with van der Waals surface area (Å²) in [6, 6.07) is 9.30. The fourth-order valence-electron chi connectivity index (χ4n) is 2.59. The first-order valence-electron chi connectivity index (χ1n) is 6.88. The molecule has 1 unspecified atom stereocenters. The summed E-state index contributed by atoms with van der Waals surface area (Å²) in [4.78, 5) is 24.1. The molecule has 96 valence electrons. The molecule has 0 bridgehead atoms. The van der Waals surface area contributed by atoms with E-state index in [0.29, 0.717) is 18.6 Å². The number of benzene rings is 1. The van der Waals surface area contributed by atoms with Crippen molar-refractivity contribution in [3.63, 3.8) is 0 Å². The van der Waals surface area contributed by atoms with Gasteiger partial charge in [0.1, 0.15) is 5.78 Å². The van der Waals surface area contributed by atoms with Crippen molar-refractivity contribution in [1.29, 1.82) is 0 Å². The van der Waals surface area contributed by atoms with E-state index in [0.717, 1.165) is 31.2 Å². The van der Waals surface area contributed by atoms with Crippen molar-refractivity contribution < 1.29 is 9.59 Å². The smallest absolute Gasteiger partial charge is 0.163 e. The summed E-state index contributed by atoms with van der Waals surface area (Å²) in [7, 11) is 0. The number of rotatable bonds is 3. The molecule has 2 nitrogen and oxygen atoms in total. The summed E-state index contributed by atoms with van der Waals surface area (Å²) in [5.74, 6) is 0.353. The Balaban J connectivity index is 1.98. The molecule has 0 N–H and O–H groups in total. The minimum absolute atomic E-state index is 0.0435. The lowest BCUT2D eigenvalue weighted by Crippen LogP contribution is -2.20. The molecule has 1 aromatic carbocycles. The maximum Gasteiger partial charge on any atom is 0.163 e. The SMILES string of the molecule is O=C(CC1CCCCCCC1=O)c1ccccc1. The lowest BCUT2D eigenvalue weighted by molar-refractivity contribution is -0.123. The molecule has 18 heavy (non-hydrogen) atoms. The first-order chi connectivity index (χ1) is 8.77. The second-order valence-electron chi connectivity index (χ2n) is 5.11. The largest absolute Gasteiger partial charge is 0.299 e. The number of hydrogen-bond acceptors (Lipinski definition) is 2. The van der Waals surface area contributed by atoms with Crippen LogP contribution < -0.4 is 0 Å². The van der Waals surface area contributed by atoms with Gasteiger partial charge in [-0.2, -0.15) is 0 Å². The lowest BCUT2D eigenvalue weighted by atomic mass is 9.85. The summed E-state index contributed by atoms with van der Waals surface area (Å²) in [6.07, 6.45) is 6.37. The Labute approximate surface area is 108 Å². The van der Waals surface area contributed by atoms with Crippen LogP contribution in [-0.4, -0.2) is 11.6 Å². The molecule has 1 fully saturated rings. The number of hydrogen-bond donors (Lipinski definition) is 0. The minimum atomic E-state index is -0.0435. The highest BCUT2D eigenvalue weighted by molar-refractivity contribution is 5.98. The first-order valence-corrected chi connectivity index (χ1v) is 6.88. The van der Waals surface area contributed by atoms with E-state index in [1.165, 1.54) is 6.42 Å². The predicted molar refractivity (Wildman–Crippen MR) is 71.6 cm³/mol. The molecule has 1 aliphatic rings. The van der Waals surface area contributed by atoms with Crippen molar-refractivity contribution in [2.45, 2.75) is 44.9 Å². The van der Waals surface area contributed by atoms with Gasteiger partial charge in [-0.25, -0.2) is 0 Å². The van der Waals surface area contributed by atoms with Crippen molar-refractivity contribution in [3.8, 4) is 0 Å². The Hall–Kier alpha value is -1.44. The zero-order chi connectivity index (χ0) is 12.8. The molecule has 1 atom stereocenters. The predicted octanol–water partition coefficient (Wildman–Crippen LogP) is 3.80. The molecule has 1 saturated carbocycles. The molecule has 2 rings (SSSR count). The van der Waals surface area contributed by atoms with E-state index in [9.17, 15) is 9.59 Å². The van der Waals surface area contributed by atoms with Crippen LogP contribution in [0.2, 0.25) is 0 Å². The first kappa shape index (κ1) is 13.0. The van der Waals surface area contributed by atoms with Crippen LogP contribution in [0.5, 0.6) is 0 Å². The second kappa shape index (κ2) is 6.48. The fraction of sp³-hybridized carbons (Fsp3) is 0.500. The highest BCUT2D eigenvalue weighted by Crippen LogP contribution is 2.23. The van der Waals surface area contributed by atoms with E-state index in [1.807, 2.05) is 30.3 Å². The van der Waals surface area contributed by atoms with E-state index >= 15 is 0 Å². The highest BCUT2D eigenvalue weighted by atomic mass is 16.1. The van der Waals surface area contributed by atoms with Crippen LogP contribution in [0.4, 0.5) is 0 Å². The third kappa shape index (κ3) is 3.52. The van der Waals surface area contributed by atoms with Gasteiger partial charge in [0.2, 0.25) is 0 Å². The minimum Gasteiger partial charge on any atom is -0.299 e. The Morgan fingerprint density at radius 2 is 1.78 bits per heavy atom. The number of carbonyl (C=O) groups is 2. The van der Waals surface area contributed by atoms with E-state index < -0.39 is 0 Å². The Morgan fingerprint density at radius 1 is 1.06 bits per heavy atom. The quantitative estimate of drug-likeness (QED) is 0.758. The molecular formula is C16H20O2. The van der Waals surface area contributed by atoms with Crippen LogP contribution in [0, 0.1) is 5.92 Å². The Morgan fingerprint density at radius 3 is 2.56 bits per heavy atom. The normalized spacial score (nSPS) is 21.1. The third-order valence-corrected chi connectivity index (χ3v) is 3.71. The van der Waals surface area contributed by atoms with Crippen LogP contribution in [0.15, 0.2) is 30.3 Å². The molecule has 1 aromatic rings. The topological polar surface area (TPSA) is 34.1 Å². The van der Waals surface area contributed by atoms with Gasteiger partial charge < -0.3 is 0 Å². The average Bonchev–Trinajstić information content (AvgIpc) is 2.39. The molecule has 0 radical (unpaired) electrons. The number of ketones is 2. The molecule has 2 heteroatoms. The zero-order valence-electron chi connectivity index (χ0n) is 10.7. The molecular weight excluding hydrogens is 224 g/mol. The maximum atomic E-state index is 12.1. The van der Waals surface area contributed by atoms with Gasteiger partial charge in [0.15, 0.2) is 5.78 Å². The van der Waals surface area contributed by atoms with Crippen molar-refractivity contribution in [1.82, 2.24) is 0 Å². The molecule has 0 aliphatic heterocycles. The van der Waals surface area contributed by atoms with Crippen LogP contribution >= 0.6 is 0 Å². The van der Waals surface area contributed by atoms with Crippen molar-refractivity contribution in [2.24, 2.45) is 5.92 Å². The summed E-state index contributed by atoms with van der Waals surface area (Å²) in [5, 5.41) is 0. The Kier molecular flexibility index (Phi) is 4.68. The van der Waals surface area contributed by atoms with Crippen LogP contribution in [0.3, 0.4) is 0 Å². The van der Waals surface area contributed by atoms with E-state index in [-0.39, 0.29) is 11.7 Å². The monoisotopic (exact) mass is 244 g/mol. The van der Waals surface area contributed by atoms with Crippen LogP contribution in [0.1, 0.15) is 55.3 Å². The van der Waals surface area contributed by atoms with Gasteiger partial charge in [-0.15, -0.1) is 0 Å². The second-order valence-corrected chi connectivity index (χ2v) is 5.11. The maximum absolute atomic E-state index is 12.1. The van der Waals surface area contributed by atoms with Gasteiger partial charge in [0.25, 0.3) is 0 Å². The summed E-state index contributed by atoms with van der Waals surface area (Å²) >= 11 is 0. The zero-order valence-corrected chi connectivity index (χ0v) is 10.7. The summed E-state index contributed by atoms with van der Waals surface area (Å²) < 4.78 is 0. The van der Waals surface area contributed by atoms with Gasteiger partial charge in [-0.1, -0.05) is 49.6 Å². The Bertz CT molecular complexity index is 408. The van der Waals surface area contributed by atoms with Crippen molar-refractivity contribution >= 4 is 11.6 Å². The van der Waals surface area contributed by atoms with Crippen molar-refractivity contribution in [2.75, 3.05) is 0 Å². The van der Waals surface area contributed by atoms with Gasteiger partial charge in [0, 0.05) is 24.3 Å². The average molecular weight is 244 g/mol. The van der Waals surface area contributed by atoms with Gasteiger partial charge in [0.05, 0.1) is 0 Å². The fourth-order valence-corrected chi connectivity index (χ4v) is 2.59. The molecule has 0 amide bonds. The third-order valence-electron chi connectivity index (χ3n) is 3.71. The molecule has 1 aliphatic carbocycles. The van der Waals surface area contributed by atoms with Crippen LogP contribution in [-0.2, 0) is 4.79 Å². The van der Waals surface area contributed by atoms with E-state index in [1.54, 1.807) is 0 Å². The van der Waals surface area contributed by atoms with Crippen LogP contribution in [0.25, 0.3) is 0 Å². The van der Waals surface area contributed by atoms with E-state index in [2.05, 4.69) is 0 Å². The lowest BCUT2D eigenvalue weighted by Gasteiger charge is -2.17. The molecule has 0 aromatic heterocycles. The number of Topliss-reactive ketones (excluding diaryl/α,β-unsaturated/α-hetero) is 2. The summed E-state index contributed by atoms with van der Waals surface area (Å²) in [6.45, 7) is 0. The molecule has 0 heterocycles. The van der Waals surface area contributed by atoms with Gasteiger partial charge >= 0.3 is 0 Å². The van der Waals surface area contributed by atoms with Crippen molar-refractivity contribution in [3.05, 3.63) is 35.9 Å². The molecule has 0 saturated heterocycles. The standard InChI is InChI=1S/C16H20O2/c17-15-11-7-2-1-4-10-14(15)12-16(18)13-8-5-3-6-9-13/h3,5-6,8-9,14H,1-2,4,7,10-12H2. The highest BCUT2D eigenvalue weighted by Gasteiger charge is 2.22. The summed E-state index contributed by atoms with van der Waals surface area (Å²) in [5.41, 5.74) is 0.729. The number of carbonyl (C=O) groups excluding carboxylic acids is 2. The van der Waals surface area contributed by atoms with Gasteiger partial charge in [-0.3, -0.25) is 9.59 Å².